The molecule has 0 radical (unpaired) electrons. The molecular weight excluding hydrogens is 210 g/mol. The fourth-order valence-corrected chi connectivity index (χ4v) is 2.81. The summed E-state index contributed by atoms with van der Waals surface area (Å²) in [6.07, 6.45) is 7.09. The molecule has 2 atom stereocenters. The van der Waals surface area contributed by atoms with Crippen LogP contribution < -0.4 is 10.6 Å². The Labute approximate surface area is 104 Å². The summed E-state index contributed by atoms with van der Waals surface area (Å²) in [7, 11) is 2.15. The van der Waals surface area contributed by atoms with Crippen molar-refractivity contribution >= 4 is 5.82 Å². The van der Waals surface area contributed by atoms with Gasteiger partial charge in [0.25, 0.3) is 0 Å². The Bertz CT molecular complexity index is 347. The number of hydrogen-bond acceptors (Lipinski definition) is 3. The van der Waals surface area contributed by atoms with Crippen LogP contribution in [-0.2, 0) is 0 Å². The van der Waals surface area contributed by atoms with Gasteiger partial charge in [0.2, 0.25) is 0 Å². The number of aromatic nitrogens is 1. The van der Waals surface area contributed by atoms with Gasteiger partial charge in [-0.05, 0) is 43.9 Å². The molecule has 1 saturated carbocycles. The van der Waals surface area contributed by atoms with Gasteiger partial charge in [-0.1, -0.05) is 18.9 Å². The number of nitrogens with zero attached hydrogens (tertiary/aromatic N) is 2. The summed E-state index contributed by atoms with van der Waals surface area (Å²) in [5.74, 6) is 1.69. The third kappa shape index (κ3) is 2.78. The Morgan fingerprint density at radius 2 is 2.12 bits per heavy atom. The highest BCUT2D eigenvalue weighted by Crippen LogP contribution is 2.29. The summed E-state index contributed by atoms with van der Waals surface area (Å²) in [5, 5.41) is 0. The molecular formula is C14H23N3. The zero-order valence-electron chi connectivity index (χ0n) is 10.9. The highest BCUT2D eigenvalue weighted by molar-refractivity contribution is 5.39. The summed E-state index contributed by atoms with van der Waals surface area (Å²) in [6.45, 7) is 2.86. The Morgan fingerprint density at radius 1 is 1.35 bits per heavy atom. The number of pyridine rings is 1. The summed E-state index contributed by atoms with van der Waals surface area (Å²) < 4.78 is 0. The van der Waals surface area contributed by atoms with Crippen molar-refractivity contribution in [1.82, 2.24) is 4.98 Å². The molecule has 3 heteroatoms. The van der Waals surface area contributed by atoms with E-state index >= 15 is 0 Å². The van der Waals surface area contributed by atoms with E-state index in [1.807, 2.05) is 6.20 Å². The fraction of sp³-hybridized carbons (Fsp3) is 0.643. The summed E-state index contributed by atoms with van der Waals surface area (Å²) in [4.78, 5) is 6.82. The van der Waals surface area contributed by atoms with Crippen LogP contribution in [0.1, 0.15) is 31.2 Å². The first-order valence-corrected chi connectivity index (χ1v) is 6.58. The van der Waals surface area contributed by atoms with Gasteiger partial charge in [-0.2, -0.15) is 0 Å². The molecule has 0 bridgehead atoms. The van der Waals surface area contributed by atoms with E-state index in [1.54, 1.807) is 0 Å². The van der Waals surface area contributed by atoms with Crippen molar-refractivity contribution < 1.29 is 0 Å². The van der Waals surface area contributed by atoms with Crippen molar-refractivity contribution in [2.45, 2.75) is 38.6 Å². The van der Waals surface area contributed by atoms with E-state index in [-0.39, 0.29) is 0 Å². The zero-order valence-corrected chi connectivity index (χ0v) is 10.9. The Kier molecular flexibility index (Phi) is 4.00. The van der Waals surface area contributed by atoms with Crippen LogP contribution in [-0.4, -0.2) is 24.6 Å². The summed E-state index contributed by atoms with van der Waals surface area (Å²) in [6, 6.07) is 4.79. The first-order chi connectivity index (χ1) is 8.22. The van der Waals surface area contributed by atoms with Crippen molar-refractivity contribution in [3.63, 3.8) is 0 Å². The largest absolute Gasteiger partial charge is 0.356 e. The van der Waals surface area contributed by atoms with Gasteiger partial charge >= 0.3 is 0 Å². The minimum absolute atomic E-state index is 0.559. The van der Waals surface area contributed by atoms with Gasteiger partial charge in [-0.3, -0.25) is 0 Å². The predicted octanol–water partition coefficient (Wildman–Crippen LogP) is 2.34. The van der Waals surface area contributed by atoms with Crippen molar-refractivity contribution in [2.24, 2.45) is 11.7 Å². The standard InChI is InChI=1S/C14H23N3/c1-11-7-8-14(16-10-11)17(2)13-6-4-3-5-12(13)9-15/h7-8,10,12-13H,3-6,9,15H2,1-2H3. The number of hydrogen-bond donors (Lipinski definition) is 1. The van der Waals surface area contributed by atoms with E-state index in [4.69, 9.17) is 5.73 Å². The maximum Gasteiger partial charge on any atom is 0.128 e. The smallest absolute Gasteiger partial charge is 0.128 e. The van der Waals surface area contributed by atoms with Crippen LogP contribution in [0, 0.1) is 12.8 Å². The normalized spacial score (nSPS) is 24.6. The minimum atomic E-state index is 0.559. The minimum Gasteiger partial charge on any atom is -0.356 e. The lowest BCUT2D eigenvalue weighted by Gasteiger charge is -2.38. The molecule has 2 rings (SSSR count). The van der Waals surface area contributed by atoms with E-state index < -0.39 is 0 Å². The molecule has 1 fully saturated rings. The topological polar surface area (TPSA) is 42.1 Å². The Balaban J connectivity index is 2.12. The lowest BCUT2D eigenvalue weighted by atomic mass is 9.84. The van der Waals surface area contributed by atoms with E-state index in [9.17, 15) is 0 Å². The molecule has 0 saturated heterocycles. The van der Waals surface area contributed by atoms with E-state index in [0.717, 1.165) is 12.4 Å². The van der Waals surface area contributed by atoms with Gasteiger partial charge in [0, 0.05) is 19.3 Å². The third-order valence-electron chi connectivity index (χ3n) is 3.93. The quantitative estimate of drug-likeness (QED) is 0.871. The SMILES string of the molecule is Cc1ccc(N(C)C2CCCCC2CN)nc1. The monoisotopic (exact) mass is 233 g/mol. The highest BCUT2D eigenvalue weighted by Gasteiger charge is 2.27. The van der Waals surface area contributed by atoms with E-state index in [2.05, 4.69) is 36.0 Å². The van der Waals surface area contributed by atoms with Crippen LogP contribution >= 0.6 is 0 Å². The van der Waals surface area contributed by atoms with E-state index in [0.29, 0.717) is 12.0 Å². The lowest BCUT2D eigenvalue weighted by molar-refractivity contribution is 0.305. The molecule has 1 aromatic heterocycles. The van der Waals surface area contributed by atoms with E-state index in [1.165, 1.54) is 31.2 Å². The predicted molar refractivity (Wildman–Crippen MR) is 72.2 cm³/mol. The molecule has 3 nitrogen and oxygen atoms in total. The Hall–Kier alpha value is -1.09. The first kappa shape index (κ1) is 12.4. The molecule has 2 unspecified atom stereocenters. The summed E-state index contributed by atoms with van der Waals surface area (Å²) >= 11 is 0. The van der Waals surface area contributed by atoms with Crippen LogP contribution in [0.5, 0.6) is 0 Å². The highest BCUT2D eigenvalue weighted by atomic mass is 15.2. The average Bonchev–Trinajstić information content (AvgIpc) is 2.39. The molecule has 1 aliphatic rings. The maximum absolute atomic E-state index is 5.89. The molecule has 0 amide bonds. The van der Waals surface area contributed by atoms with Gasteiger partial charge in [-0.15, -0.1) is 0 Å². The first-order valence-electron chi connectivity index (χ1n) is 6.58. The fourth-order valence-electron chi connectivity index (χ4n) is 2.81. The molecule has 94 valence electrons. The summed E-state index contributed by atoms with van der Waals surface area (Å²) in [5.41, 5.74) is 7.10. The van der Waals surface area contributed by atoms with Crippen LogP contribution in [0.15, 0.2) is 18.3 Å². The van der Waals surface area contributed by atoms with Crippen molar-refractivity contribution in [3.05, 3.63) is 23.9 Å². The van der Waals surface area contributed by atoms with Crippen LogP contribution in [0.3, 0.4) is 0 Å². The second kappa shape index (κ2) is 5.50. The number of nitrogens with two attached hydrogens (primary N) is 1. The van der Waals surface area contributed by atoms with Crippen LogP contribution in [0.25, 0.3) is 0 Å². The second-order valence-corrected chi connectivity index (χ2v) is 5.15. The lowest BCUT2D eigenvalue weighted by Crippen LogP contribution is -2.43. The second-order valence-electron chi connectivity index (χ2n) is 5.15. The van der Waals surface area contributed by atoms with Gasteiger partial charge in [-0.25, -0.2) is 4.98 Å². The van der Waals surface area contributed by atoms with Crippen LogP contribution in [0.4, 0.5) is 5.82 Å². The van der Waals surface area contributed by atoms with Crippen LogP contribution in [0.2, 0.25) is 0 Å². The average molecular weight is 233 g/mol. The molecule has 17 heavy (non-hydrogen) atoms. The maximum atomic E-state index is 5.89. The van der Waals surface area contributed by atoms with Gasteiger partial charge in [0.1, 0.15) is 5.82 Å². The number of rotatable bonds is 3. The number of aryl methyl sites for hydroxylation is 1. The van der Waals surface area contributed by atoms with Crippen molar-refractivity contribution in [3.8, 4) is 0 Å². The molecule has 0 aromatic carbocycles. The van der Waals surface area contributed by atoms with Gasteiger partial charge in [0.15, 0.2) is 0 Å². The van der Waals surface area contributed by atoms with Crippen molar-refractivity contribution in [2.75, 3.05) is 18.5 Å². The van der Waals surface area contributed by atoms with Gasteiger partial charge < -0.3 is 10.6 Å². The molecule has 1 aliphatic carbocycles. The molecule has 1 heterocycles. The number of anilines is 1. The molecule has 2 N–H and O–H groups in total. The zero-order chi connectivity index (χ0) is 12.3. The Morgan fingerprint density at radius 3 is 2.76 bits per heavy atom. The molecule has 0 spiro atoms. The van der Waals surface area contributed by atoms with Gasteiger partial charge in [0.05, 0.1) is 0 Å². The molecule has 1 aromatic rings. The molecule has 0 aliphatic heterocycles. The van der Waals surface area contributed by atoms with Crippen molar-refractivity contribution in [1.29, 1.82) is 0 Å². The third-order valence-corrected chi connectivity index (χ3v) is 3.93.